The van der Waals surface area contributed by atoms with Crippen LogP contribution in [0.4, 0.5) is 0 Å². The molecule has 0 aliphatic carbocycles. The van der Waals surface area contributed by atoms with E-state index < -0.39 is 16.4 Å². The molecule has 1 unspecified atom stereocenters. The number of hydrogen-bond donors (Lipinski definition) is 0. The first-order valence-electron chi connectivity index (χ1n) is 6.13. The average Bonchev–Trinajstić information content (AvgIpc) is 2.10. The summed E-state index contributed by atoms with van der Waals surface area (Å²) in [5.74, 6) is 0. The van der Waals surface area contributed by atoms with E-state index in [4.69, 9.17) is 4.43 Å². The van der Waals surface area contributed by atoms with Crippen LogP contribution in [0.3, 0.4) is 0 Å². The fourth-order valence-electron chi connectivity index (χ4n) is 1.72. The van der Waals surface area contributed by atoms with Gasteiger partial charge in [0.2, 0.25) is 0 Å². The molecule has 0 N–H and O–H groups in total. The monoisotopic (exact) mass is 276 g/mol. The molecular weight excluding hydrogens is 248 g/mol. The Balaban J connectivity index is 4.42. The summed E-state index contributed by atoms with van der Waals surface area (Å²) in [5, 5.41) is 1.99. The van der Waals surface area contributed by atoms with Crippen LogP contribution in [0, 0.1) is 0 Å². The molecule has 0 amide bonds. The molecule has 0 fully saturated rings. The van der Waals surface area contributed by atoms with Gasteiger partial charge in [0.05, 0.1) is 0 Å². The summed E-state index contributed by atoms with van der Waals surface area (Å²) >= 11 is 1.89. The second kappa shape index (κ2) is 7.04. The van der Waals surface area contributed by atoms with Crippen molar-refractivity contribution < 1.29 is 4.43 Å². The van der Waals surface area contributed by atoms with Crippen molar-refractivity contribution >= 4 is 28.2 Å². The molecule has 0 aliphatic heterocycles. The Bertz CT molecular complexity index is 212. The van der Waals surface area contributed by atoms with Gasteiger partial charge in [-0.3, -0.25) is 0 Å². The highest BCUT2D eigenvalue weighted by atomic mass is 32.2. The number of rotatable bonds is 8. The maximum absolute atomic E-state index is 5.99. The van der Waals surface area contributed by atoms with Gasteiger partial charge in [0.25, 0.3) is 0 Å². The van der Waals surface area contributed by atoms with E-state index in [9.17, 15) is 0 Å². The number of hydrogen-bond acceptors (Lipinski definition) is 2. The van der Waals surface area contributed by atoms with Crippen LogP contribution in [0.15, 0.2) is 12.0 Å². The van der Waals surface area contributed by atoms with E-state index in [0.29, 0.717) is 4.87 Å². The van der Waals surface area contributed by atoms with Crippen LogP contribution in [0.5, 0.6) is 0 Å². The molecule has 0 aromatic rings. The molecule has 0 aromatic carbocycles. The summed E-state index contributed by atoms with van der Waals surface area (Å²) in [6.45, 7) is 18.8. The quantitative estimate of drug-likeness (QED) is 0.592. The molecule has 0 aromatic heterocycles. The van der Waals surface area contributed by atoms with Crippen molar-refractivity contribution in [2.75, 3.05) is 6.61 Å². The third-order valence-electron chi connectivity index (χ3n) is 2.71. The van der Waals surface area contributed by atoms with Gasteiger partial charge in [-0.15, -0.1) is 11.8 Å². The summed E-state index contributed by atoms with van der Waals surface area (Å²) in [6, 6.07) is 1.39. The first-order chi connectivity index (χ1) is 7.23. The lowest BCUT2D eigenvalue weighted by Gasteiger charge is -2.32. The summed E-state index contributed by atoms with van der Waals surface area (Å²) in [4.78, 5) is 0.664. The Hall–Kier alpha value is 0.484. The molecule has 0 spiro atoms. The van der Waals surface area contributed by atoms with E-state index >= 15 is 0 Å². The molecule has 0 bridgehead atoms. The van der Waals surface area contributed by atoms with E-state index in [-0.39, 0.29) is 0 Å². The molecule has 0 saturated carbocycles. The highest BCUT2D eigenvalue weighted by Crippen LogP contribution is 2.30. The number of thioether (sulfide) groups is 1. The van der Waals surface area contributed by atoms with E-state index in [1.807, 2.05) is 17.2 Å². The van der Waals surface area contributed by atoms with E-state index in [1.54, 1.807) is 0 Å². The predicted octanol–water partition coefficient (Wildman–Crippen LogP) is 4.74. The van der Waals surface area contributed by atoms with Crippen molar-refractivity contribution in [3.05, 3.63) is 12.0 Å². The van der Waals surface area contributed by atoms with Gasteiger partial charge in [-0.1, -0.05) is 32.3 Å². The minimum atomic E-state index is -1.54. The van der Waals surface area contributed by atoms with Crippen molar-refractivity contribution in [2.24, 2.45) is 0 Å². The normalized spacial score (nSPS) is 14.9. The average molecular weight is 277 g/mol. The molecule has 16 heavy (non-hydrogen) atoms. The Morgan fingerprint density at radius 3 is 2.19 bits per heavy atom. The smallest absolute Gasteiger partial charge is 0.199 e. The van der Waals surface area contributed by atoms with Crippen LogP contribution >= 0.6 is 11.8 Å². The van der Waals surface area contributed by atoms with Gasteiger partial charge >= 0.3 is 0 Å². The van der Waals surface area contributed by atoms with Crippen LogP contribution < -0.4 is 0 Å². The Kier molecular flexibility index (Phi) is 7.25. The van der Waals surface area contributed by atoms with E-state index in [1.165, 1.54) is 12.5 Å². The molecule has 1 nitrogen and oxygen atoms in total. The van der Waals surface area contributed by atoms with Crippen LogP contribution in [-0.2, 0) is 4.43 Å². The van der Waals surface area contributed by atoms with E-state index in [2.05, 4.69) is 46.2 Å². The first-order valence-corrected chi connectivity index (χ1v) is 13.8. The van der Waals surface area contributed by atoms with Gasteiger partial charge in [-0.05, 0) is 31.8 Å². The summed E-state index contributed by atoms with van der Waals surface area (Å²) in [5.41, 5.74) is 0. The molecule has 96 valence electrons. The Morgan fingerprint density at radius 2 is 1.81 bits per heavy atom. The van der Waals surface area contributed by atoms with Crippen molar-refractivity contribution in [1.82, 2.24) is 0 Å². The van der Waals surface area contributed by atoms with Crippen LogP contribution in [0.1, 0.15) is 13.3 Å². The zero-order valence-corrected chi connectivity index (χ0v) is 14.6. The molecule has 1 atom stereocenters. The van der Waals surface area contributed by atoms with E-state index in [0.717, 1.165) is 6.61 Å². The zero-order valence-electron chi connectivity index (χ0n) is 11.8. The SMILES string of the molecule is C=CSC(CC[Si](C)(C)C)[Si](C)(C)OCC. The summed E-state index contributed by atoms with van der Waals surface area (Å²) < 4.78 is 5.99. The molecule has 0 aliphatic rings. The second-order valence-electron chi connectivity index (χ2n) is 5.93. The molecule has 4 heteroatoms. The van der Waals surface area contributed by atoms with Gasteiger partial charge in [-0.2, -0.15) is 0 Å². The third kappa shape index (κ3) is 6.94. The lowest BCUT2D eigenvalue weighted by Crippen LogP contribution is -2.43. The molecule has 0 heterocycles. The molecule has 0 radical (unpaired) electrons. The summed E-state index contributed by atoms with van der Waals surface area (Å²) in [6.07, 6.45) is 1.30. The van der Waals surface area contributed by atoms with Gasteiger partial charge in [-0.25, -0.2) is 0 Å². The lowest BCUT2D eigenvalue weighted by molar-refractivity contribution is 0.327. The van der Waals surface area contributed by atoms with Crippen LogP contribution in [0.25, 0.3) is 0 Å². The maximum atomic E-state index is 5.99. The highest BCUT2D eigenvalue weighted by molar-refractivity contribution is 8.04. The maximum Gasteiger partial charge on any atom is 0.199 e. The van der Waals surface area contributed by atoms with Crippen molar-refractivity contribution in [3.8, 4) is 0 Å². The predicted molar refractivity (Wildman–Crippen MR) is 83.5 cm³/mol. The van der Waals surface area contributed by atoms with Gasteiger partial charge in [0.15, 0.2) is 8.32 Å². The Labute approximate surface area is 108 Å². The van der Waals surface area contributed by atoms with Crippen molar-refractivity contribution in [3.63, 3.8) is 0 Å². The van der Waals surface area contributed by atoms with Crippen molar-refractivity contribution in [2.45, 2.75) is 57.0 Å². The highest BCUT2D eigenvalue weighted by Gasteiger charge is 2.34. The molecular formula is C12H28OSSi2. The van der Waals surface area contributed by atoms with Gasteiger partial charge in [0, 0.05) is 19.6 Å². The lowest BCUT2D eigenvalue weighted by atomic mass is 10.6. The second-order valence-corrected chi connectivity index (χ2v) is 17.3. The minimum Gasteiger partial charge on any atom is -0.417 e. The fraction of sp³-hybridized carbons (Fsp3) is 0.833. The molecule has 0 saturated heterocycles. The van der Waals surface area contributed by atoms with Crippen LogP contribution in [-0.4, -0.2) is 27.9 Å². The van der Waals surface area contributed by atoms with Crippen LogP contribution in [0.2, 0.25) is 38.8 Å². The zero-order chi connectivity index (χ0) is 12.8. The molecule has 0 rings (SSSR count). The minimum absolute atomic E-state index is 0.664. The largest absolute Gasteiger partial charge is 0.417 e. The summed E-state index contributed by atoms with van der Waals surface area (Å²) in [7, 11) is -2.47. The third-order valence-corrected chi connectivity index (χ3v) is 10.2. The fourth-order valence-corrected chi connectivity index (χ4v) is 7.44. The Morgan fingerprint density at radius 1 is 1.25 bits per heavy atom. The first kappa shape index (κ1) is 16.5. The van der Waals surface area contributed by atoms with Gasteiger partial charge in [0.1, 0.15) is 0 Å². The van der Waals surface area contributed by atoms with Gasteiger partial charge < -0.3 is 4.43 Å². The van der Waals surface area contributed by atoms with Crippen molar-refractivity contribution in [1.29, 1.82) is 0 Å². The standard InChI is InChI=1S/C12H28OSSi2/c1-8-13-16(6,7)12(14-9-2)10-11-15(3,4)5/h9,12H,2,8,10-11H2,1,3-7H3. The topological polar surface area (TPSA) is 9.23 Å².